The van der Waals surface area contributed by atoms with Crippen molar-refractivity contribution in [2.75, 3.05) is 7.11 Å². The standard InChI is InChI=1S/C15H20N4O2/c1-4-5-11(2)10-19-14(12-6-8-16-9-7-12)13(17-18-19)15(20)21-3/h6-9,11H,4-5,10H2,1-3H3. The zero-order valence-corrected chi connectivity index (χ0v) is 12.6. The van der Waals surface area contributed by atoms with Crippen molar-refractivity contribution in [3.63, 3.8) is 0 Å². The van der Waals surface area contributed by atoms with Crippen LogP contribution in [-0.4, -0.2) is 33.1 Å². The molecule has 0 aliphatic rings. The van der Waals surface area contributed by atoms with Crippen molar-refractivity contribution in [2.45, 2.75) is 33.2 Å². The number of methoxy groups -OCH3 is 1. The van der Waals surface area contributed by atoms with E-state index in [1.54, 1.807) is 17.1 Å². The summed E-state index contributed by atoms with van der Waals surface area (Å²) in [6.07, 6.45) is 5.58. The predicted octanol–water partition coefficient (Wildman–Crippen LogP) is 2.56. The van der Waals surface area contributed by atoms with Crippen LogP contribution in [0.5, 0.6) is 0 Å². The molecule has 0 aromatic carbocycles. The first-order valence-electron chi connectivity index (χ1n) is 7.09. The van der Waals surface area contributed by atoms with Crippen LogP contribution in [0.15, 0.2) is 24.5 Å². The van der Waals surface area contributed by atoms with Crippen molar-refractivity contribution >= 4 is 5.97 Å². The molecular weight excluding hydrogens is 268 g/mol. The van der Waals surface area contributed by atoms with Gasteiger partial charge < -0.3 is 4.74 Å². The number of hydrogen-bond donors (Lipinski definition) is 0. The Bertz CT molecular complexity index is 595. The van der Waals surface area contributed by atoms with Crippen molar-refractivity contribution in [1.29, 1.82) is 0 Å². The van der Waals surface area contributed by atoms with E-state index in [4.69, 9.17) is 4.74 Å². The summed E-state index contributed by atoms with van der Waals surface area (Å²) in [5.74, 6) is -0.0148. The van der Waals surface area contributed by atoms with Gasteiger partial charge in [-0.25, -0.2) is 9.48 Å². The van der Waals surface area contributed by atoms with Gasteiger partial charge in [0.1, 0.15) is 5.69 Å². The van der Waals surface area contributed by atoms with E-state index in [0.29, 0.717) is 11.6 Å². The van der Waals surface area contributed by atoms with Crippen molar-refractivity contribution in [1.82, 2.24) is 20.0 Å². The lowest BCUT2D eigenvalue weighted by molar-refractivity contribution is 0.0595. The van der Waals surface area contributed by atoms with Crippen LogP contribution in [0.2, 0.25) is 0 Å². The number of carbonyl (C=O) groups excluding carboxylic acids is 1. The van der Waals surface area contributed by atoms with Gasteiger partial charge in [-0.15, -0.1) is 5.10 Å². The quantitative estimate of drug-likeness (QED) is 0.764. The molecule has 0 saturated carbocycles. The molecule has 2 aromatic rings. The highest BCUT2D eigenvalue weighted by Crippen LogP contribution is 2.23. The Morgan fingerprint density at radius 2 is 2.10 bits per heavy atom. The van der Waals surface area contributed by atoms with E-state index in [2.05, 4.69) is 29.1 Å². The third-order valence-electron chi connectivity index (χ3n) is 3.33. The molecule has 0 N–H and O–H groups in total. The molecule has 0 aliphatic carbocycles. The van der Waals surface area contributed by atoms with Crippen LogP contribution in [-0.2, 0) is 11.3 Å². The molecule has 2 rings (SSSR count). The molecule has 0 saturated heterocycles. The average Bonchev–Trinajstić information content (AvgIpc) is 2.91. The van der Waals surface area contributed by atoms with Crippen molar-refractivity contribution < 1.29 is 9.53 Å². The second-order valence-electron chi connectivity index (χ2n) is 5.09. The molecule has 0 amide bonds. The molecule has 21 heavy (non-hydrogen) atoms. The summed E-state index contributed by atoms with van der Waals surface area (Å²) < 4.78 is 6.57. The number of carbonyl (C=O) groups is 1. The molecule has 2 aromatic heterocycles. The summed E-state index contributed by atoms with van der Waals surface area (Å²) in [5, 5.41) is 8.12. The highest BCUT2D eigenvalue weighted by atomic mass is 16.5. The summed E-state index contributed by atoms with van der Waals surface area (Å²) in [7, 11) is 1.34. The first-order chi connectivity index (χ1) is 10.2. The average molecular weight is 288 g/mol. The fourth-order valence-corrected chi connectivity index (χ4v) is 2.35. The molecule has 0 aliphatic heterocycles. The molecule has 0 spiro atoms. The van der Waals surface area contributed by atoms with Gasteiger partial charge in [0.15, 0.2) is 5.69 Å². The smallest absolute Gasteiger partial charge is 0.360 e. The van der Waals surface area contributed by atoms with Gasteiger partial charge in [0, 0.05) is 24.5 Å². The normalized spacial score (nSPS) is 12.1. The number of ether oxygens (including phenoxy) is 1. The van der Waals surface area contributed by atoms with Crippen LogP contribution in [0.4, 0.5) is 0 Å². The number of pyridine rings is 1. The Morgan fingerprint density at radius 3 is 2.71 bits per heavy atom. The van der Waals surface area contributed by atoms with Gasteiger partial charge in [-0.3, -0.25) is 4.98 Å². The second kappa shape index (κ2) is 6.97. The maximum absolute atomic E-state index is 11.9. The molecule has 0 fully saturated rings. The molecule has 0 bridgehead atoms. The summed E-state index contributed by atoms with van der Waals surface area (Å²) in [5.41, 5.74) is 1.79. The molecule has 6 nitrogen and oxygen atoms in total. The van der Waals surface area contributed by atoms with Gasteiger partial charge in [-0.1, -0.05) is 25.5 Å². The second-order valence-corrected chi connectivity index (χ2v) is 5.09. The van der Waals surface area contributed by atoms with Crippen LogP contribution in [0, 0.1) is 5.92 Å². The van der Waals surface area contributed by atoms with E-state index in [0.717, 1.165) is 24.9 Å². The molecular formula is C15H20N4O2. The van der Waals surface area contributed by atoms with Gasteiger partial charge >= 0.3 is 5.97 Å². The Labute approximate surface area is 124 Å². The van der Waals surface area contributed by atoms with E-state index in [-0.39, 0.29) is 5.69 Å². The van der Waals surface area contributed by atoms with Crippen LogP contribution in [0.3, 0.4) is 0 Å². The zero-order valence-electron chi connectivity index (χ0n) is 12.6. The lowest BCUT2D eigenvalue weighted by atomic mass is 10.1. The van der Waals surface area contributed by atoms with Crippen LogP contribution < -0.4 is 0 Å². The predicted molar refractivity (Wildman–Crippen MR) is 78.7 cm³/mol. The molecule has 0 radical (unpaired) electrons. The Balaban J connectivity index is 2.42. The van der Waals surface area contributed by atoms with E-state index in [1.165, 1.54) is 7.11 Å². The van der Waals surface area contributed by atoms with Crippen molar-refractivity contribution in [2.24, 2.45) is 5.92 Å². The minimum absolute atomic E-state index is 0.243. The molecule has 1 unspecified atom stereocenters. The topological polar surface area (TPSA) is 69.9 Å². The van der Waals surface area contributed by atoms with Gasteiger partial charge in [0.2, 0.25) is 0 Å². The Kier molecular flexibility index (Phi) is 5.03. The van der Waals surface area contributed by atoms with Crippen molar-refractivity contribution in [3.05, 3.63) is 30.2 Å². The Hall–Kier alpha value is -2.24. The fraction of sp³-hybridized carbons (Fsp3) is 0.467. The lowest BCUT2D eigenvalue weighted by Crippen LogP contribution is -2.11. The molecule has 2 heterocycles. The van der Waals surface area contributed by atoms with Gasteiger partial charge in [-0.05, 0) is 24.5 Å². The van der Waals surface area contributed by atoms with E-state index in [1.807, 2.05) is 12.1 Å². The maximum atomic E-state index is 11.9. The van der Waals surface area contributed by atoms with Crippen LogP contribution in [0.25, 0.3) is 11.3 Å². The largest absolute Gasteiger partial charge is 0.464 e. The summed E-state index contributed by atoms with van der Waals surface area (Å²) >= 11 is 0. The fourth-order valence-electron chi connectivity index (χ4n) is 2.35. The van der Waals surface area contributed by atoms with E-state index in [9.17, 15) is 4.79 Å². The van der Waals surface area contributed by atoms with E-state index < -0.39 is 5.97 Å². The summed E-state index contributed by atoms with van der Waals surface area (Å²) in [4.78, 5) is 15.9. The highest BCUT2D eigenvalue weighted by molar-refractivity contribution is 5.93. The monoisotopic (exact) mass is 288 g/mol. The third kappa shape index (κ3) is 3.45. The number of nitrogens with zero attached hydrogens (tertiary/aromatic N) is 4. The number of esters is 1. The minimum atomic E-state index is -0.476. The molecule has 1 atom stereocenters. The van der Waals surface area contributed by atoms with Gasteiger partial charge in [0.25, 0.3) is 0 Å². The Morgan fingerprint density at radius 1 is 1.38 bits per heavy atom. The summed E-state index contributed by atoms with van der Waals surface area (Å²) in [6.45, 7) is 5.04. The maximum Gasteiger partial charge on any atom is 0.360 e. The first kappa shape index (κ1) is 15.2. The van der Waals surface area contributed by atoms with Crippen LogP contribution in [0.1, 0.15) is 37.2 Å². The minimum Gasteiger partial charge on any atom is -0.464 e. The zero-order chi connectivity index (χ0) is 15.2. The number of hydrogen-bond acceptors (Lipinski definition) is 5. The third-order valence-corrected chi connectivity index (χ3v) is 3.33. The lowest BCUT2D eigenvalue weighted by Gasteiger charge is -2.12. The van der Waals surface area contributed by atoms with Crippen molar-refractivity contribution in [3.8, 4) is 11.3 Å². The van der Waals surface area contributed by atoms with Gasteiger partial charge in [-0.2, -0.15) is 0 Å². The first-order valence-corrected chi connectivity index (χ1v) is 7.09. The number of rotatable bonds is 6. The number of aromatic nitrogens is 4. The van der Waals surface area contributed by atoms with Crippen LogP contribution >= 0.6 is 0 Å². The summed E-state index contributed by atoms with van der Waals surface area (Å²) in [6, 6.07) is 3.68. The van der Waals surface area contributed by atoms with Gasteiger partial charge in [0.05, 0.1) is 7.11 Å². The molecule has 112 valence electrons. The highest BCUT2D eigenvalue weighted by Gasteiger charge is 2.22. The van der Waals surface area contributed by atoms with E-state index >= 15 is 0 Å². The SMILES string of the molecule is CCCC(C)Cn1nnc(C(=O)OC)c1-c1ccncc1. The molecule has 6 heteroatoms.